The van der Waals surface area contributed by atoms with E-state index in [4.69, 9.17) is 10.00 Å². The van der Waals surface area contributed by atoms with Crippen molar-refractivity contribution in [2.24, 2.45) is 0 Å². The number of carbonyl (C=O) groups excluding carboxylic acids is 1. The molecule has 3 aromatic carbocycles. The molecule has 32 heavy (non-hydrogen) atoms. The third kappa shape index (κ3) is 4.70. The van der Waals surface area contributed by atoms with Crippen molar-refractivity contribution in [3.05, 3.63) is 101 Å². The molecule has 0 spiro atoms. The van der Waals surface area contributed by atoms with Gasteiger partial charge in [0.2, 0.25) is 0 Å². The first kappa shape index (κ1) is 21.3. The van der Waals surface area contributed by atoms with Crippen LogP contribution in [0.3, 0.4) is 0 Å². The van der Waals surface area contributed by atoms with Gasteiger partial charge >= 0.3 is 6.09 Å². The summed E-state index contributed by atoms with van der Waals surface area (Å²) >= 11 is 0. The summed E-state index contributed by atoms with van der Waals surface area (Å²) < 4.78 is 19.1. The standard InChI is InChI=1S/C27H23FN2O2/c28-26-13-12-19(17-20(26)14-15-29)7-5-6-16-30-27(31)32-18-25-23-10-3-1-8-21(23)22-9-2-4-11-24(22)25/h1-5,7-13,17,25H,6,14,16,18H2,(H,30,31). The molecule has 0 aromatic heterocycles. The number of halogens is 1. The van der Waals surface area contributed by atoms with E-state index >= 15 is 0 Å². The van der Waals surface area contributed by atoms with Gasteiger partial charge in [-0.2, -0.15) is 5.26 Å². The Hall–Kier alpha value is -3.91. The Labute approximate surface area is 187 Å². The van der Waals surface area contributed by atoms with Crippen LogP contribution in [-0.2, 0) is 11.2 Å². The molecule has 3 aromatic rings. The summed E-state index contributed by atoms with van der Waals surface area (Å²) in [5.74, 6) is -0.338. The molecule has 1 aliphatic rings. The Morgan fingerprint density at radius 2 is 1.75 bits per heavy atom. The van der Waals surface area contributed by atoms with Gasteiger partial charge in [-0.05, 0) is 46.4 Å². The number of alkyl carbamates (subject to hydrolysis) is 1. The van der Waals surface area contributed by atoms with Crippen LogP contribution in [0, 0.1) is 17.1 Å². The van der Waals surface area contributed by atoms with Gasteiger partial charge in [0.1, 0.15) is 12.4 Å². The van der Waals surface area contributed by atoms with Crippen LogP contribution >= 0.6 is 0 Å². The Balaban J connectivity index is 1.26. The van der Waals surface area contributed by atoms with E-state index in [1.54, 1.807) is 12.1 Å². The van der Waals surface area contributed by atoms with Crippen LogP contribution in [-0.4, -0.2) is 19.2 Å². The second kappa shape index (κ2) is 9.93. The predicted octanol–water partition coefficient (Wildman–Crippen LogP) is 5.83. The van der Waals surface area contributed by atoms with E-state index in [2.05, 4.69) is 29.6 Å². The Kier molecular flexibility index (Phi) is 6.62. The van der Waals surface area contributed by atoms with Crippen LogP contribution in [0.4, 0.5) is 9.18 Å². The highest BCUT2D eigenvalue weighted by Gasteiger charge is 2.28. The Bertz CT molecular complexity index is 1150. The maximum Gasteiger partial charge on any atom is 0.407 e. The lowest BCUT2D eigenvalue weighted by molar-refractivity contribution is 0.143. The van der Waals surface area contributed by atoms with E-state index in [0.29, 0.717) is 18.5 Å². The molecule has 4 nitrogen and oxygen atoms in total. The molecule has 1 N–H and O–H groups in total. The lowest BCUT2D eigenvalue weighted by Gasteiger charge is -2.14. The molecule has 0 saturated carbocycles. The van der Waals surface area contributed by atoms with Gasteiger partial charge in [-0.25, -0.2) is 9.18 Å². The number of amides is 1. The van der Waals surface area contributed by atoms with Crippen LogP contribution in [0.5, 0.6) is 0 Å². The minimum atomic E-state index is -0.446. The van der Waals surface area contributed by atoms with Gasteiger partial charge in [0, 0.05) is 18.0 Å². The number of fused-ring (bicyclic) bond motifs is 3. The fraction of sp³-hybridized carbons (Fsp3) is 0.185. The number of carbonyl (C=O) groups is 1. The molecule has 0 radical (unpaired) electrons. The number of nitrogens with one attached hydrogen (secondary N) is 1. The molecule has 5 heteroatoms. The zero-order chi connectivity index (χ0) is 22.3. The Morgan fingerprint density at radius 3 is 2.44 bits per heavy atom. The maximum absolute atomic E-state index is 13.6. The molecule has 0 fully saturated rings. The van der Waals surface area contributed by atoms with E-state index < -0.39 is 6.09 Å². The van der Waals surface area contributed by atoms with E-state index in [0.717, 1.165) is 5.56 Å². The molecule has 1 aliphatic carbocycles. The third-order valence-corrected chi connectivity index (χ3v) is 5.57. The molecule has 0 unspecified atom stereocenters. The molecule has 0 saturated heterocycles. The maximum atomic E-state index is 13.6. The molecular formula is C27H23FN2O2. The smallest absolute Gasteiger partial charge is 0.407 e. The van der Waals surface area contributed by atoms with Crippen molar-refractivity contribution in [2.45, 2.75) is 18.8 Å². The van der Waals surface area contributed by atoms with Crippen LogP contribution in [0.1, 0.15) is 34.6 Å². The van der Waals surface area contributed by atoms with Crippen molar-refractivity contribution in [2.75, 3.05) is 13.2 Å². The van der Waals surface area contributed by atoms with Crippen LogP contribution in [0.2, 0.25) is 0 Å². The number of hydrogen-bond donors (Lipinski definition) is 1. The first-order chi connectivity index (χ1) is 15.7. The van der Waals surface area contributed by atoms with Crippen molar-refractivity contribution < 1.29 is 13.9 Å². The minimum Gasteiger partial charge on any atom is -0.449 e. The Morgan fingerprint density at radius 1 is 1.06 bits per heavy atom. The molecule has 160 valence electrons. The summed E-state index contributed by atoms with van der Waals surface area (Å²) in [5.41, 5.74) is 5.95. The molecular weight excluding hydrogens is 403 g/mol. The van der Waals surface area contributed by atoms with Crippen molar-refractivity contribution in [1.82, 2.24) is 5.32 Å². The van der Waals surface area contributed by atoms with Gasteiger partial charge in [0.25, 0.3) is 0 Å². The van der Waals surface area contributed by atoms with Gasteiger partial charge in [0.05, 0.1) is 12.5 Å². The molecule has 1 amide bonds. The second-order valence-electron chi connectivity index (χ2n) is 7.63. The number of hydrogen-bond acceptors (Lipinski definition) is 3. The van der Waals surface area contributed by atoms with E-state index in [9.17, 15) is 9.18 Å². The molecule has 0 bridgehead atoms. The zero-order valence-corrected chi connectivity index (χ0v) is 17.6. The first-order valence-corrected chi connectivity index (χ1v) is 10.6. The highest BCUT2D eigenvalue weighted by molar-refractivity contribution is 5.79. The summed E-state index contributed by atoms with van der Waals surface area (Å²) in [6.07, 6.45) is 3.94. The second-order valence-corrected chi connectivity index (χ2v) is 7.63. The summed E-state index contributed by atoms with van der Waals surface area (Å²) in [6, 6.07) is 23.1. The summed E-state index contributed by atoms with van der Waals surface area (Å²) in [6.45, 7) is 0.715. The number of nitriles is 1. The van der Waals surface area contributed by atoms with E-state index in [1.165, 1.54) is 28.3 Å². The number of benzene rings is 3. The first-order valence-electron chi connectivity index (χ1n) is 10.6. The van der Waals surface area contributed by atoms with Crippen LogP contribution < -0.4 is 5.32 Å². The lowest BCUT2D eigenvalue weighted by Crippen LogP contribution is -2.26. The van der Waals surface area contributed by atoms with Gasteiger partial charge < -0.3 is 10.1 Å². The van der Waals surface area contributed by atoms with Gasteiger partial charge in [-0.1, -0.05) is 66.7 Å². The molecule has 4 rings (SSSR count). The summed E-state index contributed by atoms with van der Waals surface area (Å²) in [4.78, 5) is 12.2. The van der Waals surface area contributed by atoms with E-state index in [-0.39, 0.29) is 24.8 Å². The highest BCUT2D eigenvalue weighted by Crippen LogP contribution is 2.44. The molecule has 0 aliphatic heterocycles. The van der Waals surface area contributed by atoms with Crippen molar-refractivity contribution >= 4 is 12.2 Å². The SMILES string of the molecule is N#CCc1cc(C=CCCNC(=O)OCC2c3ccccc3-c3ccccc32)ccc1F. The molecule has 0 heterocycles. The largest absolute Gasteiger partial charge is 0.449 e. The quantitative estimate of drug-likeness (QED) is 0.483. The van der Waals surface area contributed by atoms with Gasteiger partial charge in [0.15, 0.2) is 0 Å². The van der Waals surface area contributed by atoms with Crippen molar-refractivity contribution in [1.29, 1.82) is 5.26 Å². The number of rotatable bonds is 7. The minimum absolute atomic E-state index is 0.0362. The van der Waals surface area contributed by atoms with Gasteiger partial charge in [-0.3, -0.25) is 0 Å². The van der Waals surface area contributed by atoms with Gasteiger partial charge in [-0.15, -0.1) is 0 Å². The topological polar surface area (TPSA) is 62.1 Å². The number of ether oxygens (including phenoxy) is 1. The lowest BCUT2D eigenvalue weighted by atomic mass is 9.98. The summed E-state index contributed by atoms with van der Waals surface area (Å²) in [7, 11) is 0. The third-order valence-electron chi connectivity index (χ3n) is 5.57. The van der Waals surface area contributed by atoms with Crippen LogP contribution in [0.15, 0.2) is 72.8 Å². The summed E-state index contributed by atoms with van der Waals surface area (Å²) in [5, 5.41) is 11.5. The number of nitrogens with zero attached hydrogens (tertiary/aromatic N) is 1. The predicted molar refractivity (Wildman–Crippen MR) is 122 cm³/mol. The average molecular weight is 426 g/mol. The fourth-order valence-corrected chi connectivity index (χ4v) is 4.05. The van der Waals surface area contributed by atoms with Crippen LogP contribution in [0.25, 0.3) is 17.2 Å². The average Bonchev–Trinajstić information content (AvgIpc) is 3.13. The fourth-order valence-electron chi connectivity index (χ4n) is 4.05. The zero-order valence-electron chi connectivity index (χ0n) is 17.6. The monoisotopic (exact) mass is 426 g/mol. The highest BCUT2D eigenvalue weighted by atomic mass is 19.1. The van der Waals surface area contributed by atoms with E-state index in [1.807, 2.05) is 42.5 Å². The molecule has 0 atom stereocenters. The van der Waals surface area contributed by atoms with Crippen molar-refractivity contribution in [3.8, 4) is 17.2 Å². The normalized spacial score (nSPS) is 12.2. The van der Waals surface area contributed by atoms with Crippen molar-refractivity contribution in [3.63, 3.8) is 0 Å².